The summed E-state index contributed by atoms with van der Waals surface area (Å²) in [6, 6.07) is 39.7. The van der Waals surface area contributed by atoms with Crippen LogP contribution in [-0.2, 0) is 15.8 Å². The van der Waals surface area contributed by atoms with Crippen molar-refractivity contribution in [3.05, 3.63) is 148 Å². The van der Waals surface area contributed by atoms with E-state index in [2.05, 4.69) is 117 Å². The van der Waals surface area contributed by atoms with E-state index in [9.17, 15) is 0 Å². The number of hydrogen-bond acceptors (Lipinski definition) is 1. The van der Waals surface area contributed by atoms with E-state index in [1.54, 1.807) is 7.75 Å². The van der Waals surface area contributed by atoms with Crippen LogP contribution in [0.5, 0.6) is 11.5 Å². The van der Waals surface area contributed by atoms with Gasteiger partial charge in [0.1, 0.15) is 0 Å². The van der Waals surface area contributed by atoms with E-state index in [-0.39, 0.29) is 24.8 Å². The van der Waals surface area contributed by atoms with E-state index in [1.165, 1.54) is 16.7 Å². The van der Waals surface area contributed by atoms with Crippen LogP contribution in [-0.4, -0.2) is 6.66 Å². The normalized spacial score (nSPS) is 14.6. The van der Waals surface area contributed by atoms with Crippen molar-refractivity contribution in [3.8, 4) is 11.5 Å². The van der Waals surface area contributed by atoms with E-state index in [1.807, 2.05) is 30.3 Å². The zero-order chi connectivity index (χ0) is 25.0. The molecule has 0 radical (unpaired) electrons. The number of hydrogen-bond donors (Lipinski definition) is 0. The van der Waals surface area contributed by atoms with E-state index < -0.39 is 22.5 Å². The standard InChI is InChI=1S/C20H17O.C6H5.C5H5.C2H7Si.2ClH.Ti/c1-16-12-13-20(21-19-10-6-3-7-11-19)18(14-16)15-17-8-4-2-5-9-17;1-2-4-6-5-3-1;1-2-4-5-3-1;1-3-2;;;/h2-15H,1H3;1-5H;1-3H,4H2;3H,1-2H3;2*1H;. The second kappa shape index (κ2) is 13.6. The Hall–Kier alpha value is -2.33. The number of ether oxygens (including phenoxy) is 1. The second-order valence-electron chi connectivity index (χ2n) is 10.0. The number of rotatable bonds is 8. The van der Waals surface area contributed by atoms with Crippen LogP contribution >= 0.6 is 24.8 Å². The van der Waals surface area contributed by atoms with Crippen molar-refractivity contribution in [2.45, 2.75) is 30.7 Å². The molecule has 1 aliphatic rings. The zero-order valence-electron chi connectivity index (χ0n) is 22.2. The molecule has 0 spiro atoms. The fraction of sp³-hybridized carbons (Fsp3) is 0.152. The maximum atomic E-state index is 6.65. The van der Waals surface area contributed by atoms with Crippen LogP contribution in [0.25, 0.3) is 0 Å². The third kappa shape index (κ3) is 5.96. The quantitative estimate of drug-likeness (QED) is 0.185. The van der Waals surface area contributed by atoms with Gasteiger partial charge in [-0.2, -0.15) is 0 Å². The fourth-order valence-electron chi connectivity index (χ4n) is 5.98. The molecule has 0 saturated carbocycles. The maximum absolute atomic E-state index is 6.65. The molecular weight excluding hydrogens is 559 g/mol. The zero-order valence-corrected chi connectivity index (χ0v) is 26.6. The Labute approximate surface area is 244 Å². The average molecular weight is 596 g/mol. The predicted octanol–water partition coefficient (Wildman–Crippen LogP) is 9.03. The molecule has 0 bridgehead atoms. The number of aryl methyl sites for hydroxylation is 1. The van der Waals surface area contributed by atoms with Crippen molar-refractivity contribution in [1.82, 2.24) is 0 Å². The van der Waals surface area contributed by atoms with Gasteiger partial charge in [0, 0.05) is 0 Å². The first-order chi connectivity index (χ1) is 17.6. The van der Waals surface area contributed by atoms with Crippen LogP contribution in [0.4, 0.5) is 0 Å². The van der Waals surface area contributed by atoms with Gasteiger partial charge in [-0.1, -0.05) is 0 Å². The maximum Gasteiger partial charge on any atom is -0.147 e. The molecule has 0 saturated heterocycles. The summed E-state index contributed by atoms with van der Waals surface area (Å²) in [5, 5.41) is 0. The van der Waals surface area contributed by atoms with Crippen molar-refractivity contribution in [3.63, 3.8) is 0 Å². The molecule has 4 aromatic rings. The molecule has 196 valence electrons. The molecule has 0 aromatic heterocycles. The van der Waals surface area contributed by atoms with Crippen molar-refractivity contribution in [2.75, 3.05) is 0 Å². The Bertz CT molecular complexity index is 1370. The molecule has 0 heterocycles. The molecule has 0 amide bonds. The van der Waals surface area contributed by atoms with Crippen LogP contribution < -0.4 is 8.61 Å². The Morgan fingerprint density at radius 2 is 1.37 bits per heavy atom. The summed E-state index contributed by atoms with van der Waals surface area (Å²) in [5.74, 6) is 1.86. The molecule has 5 heteroatoms. The molecule has 0 aliphatic heterocycles. The Balaban J connectivity index is 0.00000200. The van der Waals surface area contributed by atoms with Crippen LogP contribution in [0.1, 0.15) is 27.3 Å². The number of allylic oxidation sites excluding steroid dienone is 4. The molecule has 0 N–H and O–H groups in total. The molecular formula is C33H36Cl2OSiTi. The summed E-state index contributed by atoms with van der Waals surface area (Å²) in [6.07, 6.45) is 8.18. The first-order valence-corrected chi connectivity index (χ1v) is 21.0. The van der Waals surface area contributed by atoms with Crippen molar-refractivity contribution < 1.29 is 20.6 Å². The molecule has 1 aliphatic carbocycles. The Morgan fingerprint density at radius 1 is 0.763 bits per heavy atom. The molecule has 1 nitrogen and oxygen atoms in total. The molecule has 5 rings (SSSR count). The van der Waals surface area contributed by atoms with Gasteiger partial charge in [0.25, 0.3) is 0 Å². The topological polar surface area (TPSA) is 9.23 Å². The third-order valence-corrected chi connectivity index (χ3v) is 28.8. The Morgan fingerprint density at radius 3 is 1.95 bits per heavy atom. The summed E-state index contributed by atoms with van der Waals surface area (Å²) in [7, 11) is 0. The number of para-hydroxylation sites is 1. The van der Waals surface area contributed by atoms with Gasteiger partial charge < -0.3 is 0 Å². The molecule has 38 heavy (non-hydrogen) atoms. The van der Waals surface area contributed by atoms with E-state index in [0.29, 0.717) is 4.22 Å². The van der Waals surface area contributed by atoms with Gasteiger partial charge in [0.15, 0.2) is 0 Å². The molecule has 0 fully saturated rings. The van der Waals surface area contributed by atoms with E-state index in [4.69, 9.17) is 4.74 Å². The largest absolute Gasteiger partial charge is 0.147 e. The van der Waals surface area contributed by atoms with E-state index in [0.717, 1.165) is 17.9 Å². The van der Waals surface area contributed by atoms with Gasteiger partial charge in [0.2, 0.25) is 0 Å². The smallest absolute Gasteiger partial charge is 0.147 e. The third-order valence-electron chi connectivity index (χ3n) is 7.50. The molecule has 4 aromatic carbocycles. The van der Waals surface area contributed by atoms with Gasteiger partial charge in [-0.15, -0.1) is 24.8 Å². The minimum absolute atomic E-state index is 0. The summed E-state index contributed by atoms with van der Waals surface area (Å²) in [6.45, 7) is 6.20. The monoisotopic (exact) mass is 594 g/mol. The minimum atomic E-state index is -2.98. The van der Waals surface area contributed by atoms with Crippen LogP contribution in [0.3, 0.4) is 0 Å². The first-order valence-electron chi connectivity index (χ1n) is 12.9. The summed E-state index contributed by atoms with van der Waals surface area (Å²) in [5.41, 5.74) is 4.03. The van der Waals surface area contributed by atoms with Crippen molar-refractivity contribution in [2.24, 2.45) is 0 Å². The van der Waals surface area contributed by atoms with E-state index >= 15 is 0 Å². The van der Waals surface area contributed by atoms with Gasteiger partial charge in [-0.3, -0.25) is 0 Å². The van der Waals surface area contributed by atoms with Crippen LogP contribution in [0.15, 0.2) is 131 Å². The van der Waals surface area contributed by atoms with Crippen LogP contribution in [0.2, 0.25) is 13.1 Å². The Kier molecular flexibility index (Phi) is 10.9. The van der Waals surface area contributed by atoms with Gasteiger partial charge >= 0.3 is 221 Å². The fourth-order valence-corrected chi connectivity index (χ4v) is 27.4. The van der Waals surface area contributed by atoms with Gasteiger partial charge in [0.05, 0.1) is 0 Å². The number of benzene rings is 4. The second-order valence-corrected chi connectivity index (χ2v) is 27.0. The SMILES string of the molecule is Cc1ccc(Oc2ccccc2)c([CH](c2ccccc2)[Ti]([C]2=CC=CC2)([c]2ccccc2)[SiH](C)C)c1.Cl.Cl. The van der Waals surface area contributed by atoms with Crippen LogP contribution in [0, 0.1) is 6.92 Å². The van der Waals surface area contributed by atoms with Gasteiger partial charge in [-0.25, -0.2) is 0 Å². The summed E-state index contributed by atoms with van der Waals surface area (Å²) in [4.78, 5) is 0. The average Bonchev–Trinajstić information content (AvgIpc) is 3.45. The minimum Gasteiger partial charge on any atom is -0.147 e. The van der Waals surface area contributed by atoms with Crippen molar-refractivity contribution >= 4 is 35.3 Å². The number of halogens is 2. The predicted molar refractivity (Wildman–Crippen MR) is 167 cm³/mol. The van der Waals surface area contributed by atoms with Gasteiger partial charge in [-0.05, 0) is 0 Å². The molecule has 2 atom stereocenters. The summed E-state index contributed by atoms with van der Waals surface area (Å²) >= 11 is -2.98. The molecule has 2 unspecified atom stereocenters. The summed E-state index contributed by atoms with van der Waals surface area (Å²) < 4.78 is 10.3. The van der Waals surface area contributed by atoms with Crippen molar-refractivity contribution in [1.29, 1.82) is 0 Å². The first kappa shape index (κ1) is 30.2.